The van der Waals surface area contributed by atoms with Gasteiger partial charge in [-0.2, -0.15) is 0 Å². The van der Waals surface area contributed by atoms with Gasteiger partial charge in [-0.25, -0.2) is 4.39 Å². The second-order valence-corrected chi connectivity index (χ2v) is 4.25. The van der Waals surface area contributed by atoms with Crippen molar-refractivity contribution in [3.05, 3.63) is 47.1 Å². The Labute approximate surface area is 109 Å². The molecule has 0 spiro atoms. The van der Waals surface area contributed by atoms with Gasteiger partial charge >= 0.3 is 0 Å². The number of anilines is 1. The Balaban J connectivity index is 2.19. The van der Waals surface area contributed by atoms with E-state index in [1.54, 1.807) is 25.1 Å². The van der Waals surface area contributed by atoms with E-state index in [1.807, 2.05) is 0 Å². The third kappa shape index (κ3) is 2.65. The molecule has 0 atom stereocenters. The first-order valence-corrected chi connectivity index (χ1v) is 5.73. The van der Waals surface area contributed by atoms with Gasteiger partial charge in [0.05, 0.1) is 12.1 Å². The molecule has 4 nitrogen and oxygen atoms in total. The topological polar surface area (TPSA) is 64.1 Å². The summed E-state index contributed by atoms with van der Waals surface area (Å²) in [5, 5.41) is 6.87. The van der Waals surface area contributed by atoms with Crippen molar-refractivity contribution in [3.63, 3.8) is 0 Å². The van der Waals surface area contributed by atoms with Crippen molar-refractivity contribution in [2.75, 3.05) is 5.32 Å². The highest BCUT2D eigenvalue weighted by molar-refractivity contribution is 7.80. The molecule has 0 aliphatic heterocycles. The third-order valence-electron chi connectivity index (χ3n) is 2.40. The van der Waals surface area contributed by atoms with E-state index in [9.17, 15) is 4.39 Å². The average molecular weight is 265 g/mol. The number of nitrogens with zero attached hydrogens (tertiary/aromatic N) is 1. The highest BCUT2D eigenvalue weighted by Crippen LogP contribution is 2.19. The minimum absolute atomic E-state index is 0.0203. The lowest BCUT2D eigenvalue weighted by Crippen LogP contribution is -2.15. The van der Waals surface area contributed by atoms with Crippen LogP contribution in [0.3, 0.4) is 0 Å². The molecule has 0 fully saturated rings. The molecule has 1 heterocycles. The number of hydrogen-bond acceptors (Lipinski definition) is 4. The fourth-order valence-electron chi connectivity index (χ4n) is 1.61. The third-order valence-corrected chi connectivity index (χ3v) is 2.60. The van der Waals surface area contributed by atoms with E-state index in [4.69, 9.17) is 22.5 Å². The highest BCUT2D eigenvalue weighted by atomic mass is 32.1. The Morgan fingerprint density at radius 2 is 2.33 bits per heavy atom. The van der Waals surface area contributed by atoms with Crippen LogP contribution in [-0.4, -0.2) is 10.1 Å². The van der Waals surface area contributed by atoms with Crippen molar-refractivity contribution >= 4 is 22.9 Å². The van der Waals surface area contributed by atoms with E-state index in [0.717, 1.165) is 11.5 Å². The van der Waals surface area contributed by atoms with Crippen LogP contribution < -0.4 is 11.1 Å². The lowest BCUT2D eigenvalue weighted by Gasteiger charge is -2.10. The molecule has 0 radical (unpaired) electrons. The molecule has 18 heavy (non-hydrogen) atoms. The number of halogens is 1. The van der Waals surface area contributed by atoms with Gasteiger partial charge in [0, 0.05) is 11.8 Å². The molecule has 0 aliphatic rings. The summed E-state index contributed by atoms with van der Waals surface area (Å²) in [5.41, 5.74) is 6.99. The van der Waals surface area contributed by atoms with Crippen LogP contribution in [0.4, 0.5) is 10.1 Å². The monoisotopic (exact) mass is 265 g/mol. The Morgan fingerprint density at radius 1 is 1.56 bits per heavy atom. The molecule has 1 aromatic heterocycles. The fourth-order valence-corrected chi connectivity index (χ4v) is 1.82. The zero-order valence-corrected chi connectivity index (χ0v) is 10.6. The van der Waals surface area contributed by atoms with E-state index >= 15 is 0 Å². The maximum atomic E-state index is 13.6. The van der Waals surface area contributed by atoms with Crippen LogP contribution >= 0.6 is 12.2 Å². The first-order valence-electron chi connectivity index (χ1n) is 5.32. The quantitative estimate of drug-likeness (QED) is 0.831. The molecule has 0 saturated carbocycles. The van der Waals surface area contributed by atoms with Crippen molar-refractivity contribution in [2.45, 2.75) is 13.5 Å². The van der Waals surface area contributed by atoms with Crippen LogP contribution in [-0.2, 0) is 6.54 Å². The molecule has 0 bridgehead atoms. The van der Waals surface area contributed by atoms with Gasteiger partial charge in [0.15, 0.2) is 0 Å². The second-order valence-electron chi connectivity index (χ2n) is 3.81. The van der Waals surface area contributed by atoms with Crippen molar-refractivity contribution in [3.8, 4) is 0 Å². The molecule has 0 amide bonds. The number of aromatic nitrogens is 1. The predicted molar refractivity (Wildman–Crippen MR) is 70.9 cm³/mol. The standard InChI is InChI=1S/C12H12FN3OS/c1-7-5-8(16-17-7)6-15-10-4-2-3-9(13)11(10)12(14)18/h2-5,15H,6H2,1H3,(H2,14,18). The maximum Gasteiger partial charge on any atom is 0.135 e. The predicted octanol–water partition coefficient (Wildman–Crippen LogP) is 2.37. The van der Waals surface area contributed by atoms with E-state index in [-0.39, 0.29) is 10.6 Å². The van der Waals surface area contributed by atoms with Gasteiger partial charge in [0.25, 0.3) is 0 Å². The van der Waals surface area contributed by atoms with Gasteiger partial charge in [0.1, 0.15) is 22.3 Å². The molecule has 2 aromatic rings. The summed E-state index contributed by atoms with van der Waals surface area (Å²) in [6, 6.07) is 6.42. The molecule has 94 valence electrons. The molecule has 0 aliphatic carbocycles. The number of rotatable bonds is 4. The smallest absolute Gasteiger partial charge is 0.135 e. The Kier molecular flexibility index (Phi) is 3.57. The molecular formula is C12H12FN3OS. The van der Waals surface area contributed by atoms with Crippen molar-refractivity contribution in [1.29, 1.82) is 0 Å². The Morgan fingerprint density at radius 3 is 2.94 bits per heavy atom. The average Bonchev–Trinajstić information content (AvgIpc) is 2.72. The number of aryl methyl sites for hydroxylation is 1. The zero-order chi connectivity index (χ0) is 13.1. The molecule has 0 unspecified atom stereocenters. The van der Waals surface area contributed by atoms with E-state index in [1.165, 1.54) is 6.07 Å². The van der Waals surface area contributed by atoms with Crippen LogP contribution in [0.15, 0.2) is 28.8 Å². The van der Waals surface area contributed by atoms with E-state index in [2.05, 4.69) is 10.5 Å². The van der Waals surface area contributed by atoms with Crippen molar-refractivity contribution < 1.29 is 8.91 Å². The summed E-state index contributed by atoms with van der Waals surface area (Å²) in [6.45, 7) is 2.22. The van der Waals surface area contributed by atoms with Crippen LogP contribution in [0.25, 0.3) is 0 Å². The largest absolute Gasteiger partial charge is 0.389 e. The summed E-state index contributed by atoms with van der Waals surface area (Å²) >= 11 is 4.84. The number of nitrogens with two attached hydrogens (primary N) is 1. The molecule has 2 rings (SSSR count). The molecule has 0 saturated heterocycles. The van der Waals surface area contributed by atoms with Crippen molar-refractivity contribution in [2.24, 2.45) is 5.73 Å². The number of nitrogens with one attached hydrogen (secondary N) is 1. The van der Waals surface area contributed by atoms with E-state index < -0.39 is 5.82 Å². The molecule has 6 heteroatoms. The van der Waals surface area contributed by atoms with Crippen LogP contribution in [0.5, 0.6) is 0 Å². The summed E-state index contributed by atoms with van der Waals surface area (Å²) in [4.78, 5) is 0.0203. The van der Waals surface area contributed by atoms with Crippen LogP contribution in [0.2, 0.25) is 0 Å². The number of thiocarbonyl (C=S) groups is 1. The highest BCUT2D eigenvalue weighted by Gasteiger charge is 2.11. The van der Waals surface area contributed by atoms with Gasteiger partial charge in [0.2, 0.25) is 0 Å². The molecular weight excluding hydrogens is 253 g/mol. The van der Waals surface area contributed by atoms with Crippen molar-refractivity contribution in [1.82, 2.24) is 5.16 Å². The summed E-state index contributed by atoms with van der Waals surface area (Å²) < 4.78 is 18.5. The first kappa shape index (κ1) is 12.5. The number of benzene rings is 1. The number of hydrogen-bond donors (Lipinski definition) is 2. The normalized spacial score (nSPS) is 10.3. The van der Waals surface area contributed by atoms with Gasteiger partial charge < -0.3 is 15.6 Å². The SMILES string of the molecule is Cc1cc(CNc2cccc(F)c2C(N)=S)no1. The summed E-state index contributed by atoms with van der Waals surface area (Å²) in [6.07, 6.45) is 0. The van der Waals surface area contributed by atoms with Crippen LogP contribution in [0, 0.1) is 12.7 Å². The zero-order valence-electron chi connectivity index (χ0n) is 9.74. The lowest BCUT2D eigenvalue weighted by atomic mass is 10.1. The van der Waals surface area contributed by atoms with Gasteiger partial charge in [-0.05, 0) is 19.1 Å². The Bertz CT molecular complexity index is 582. The van der Waals surface area contributed by atoms with Gasteiger partial charge in [-0.1, -0.05) is 23.4 Å². The minimum atomic E-state index is -0.441. The van der Waals surface area contributed by atoms with Crippen LogP contribution in [0.1, 0.15) is 17.0 Å². The van der Waals surface area contributed by atoms with Gasteiger partial charge in [-0.3, -0.25) is 0 Å². The lowest BCUT2D eigenvalue weighted by molar-refractivity contribution is 0.391. The van der Waals surface area contributed by atoms with Gasteiger partial charge in [-0.15, -0.1) is 0 Å². The minimum Gasteiger partial charge on any atom is -0.389 e. The fraction of sp³-hybridized carbons (Fsp3) is 0.167. The van der Waals surface area contributed by atoms with E-state index in [0.29, 0.717) is 12.2 Å². The maximum absolute atomic E-state index is 13.6. The summed E-state index contributed by atoms with van der Waals surface area (Å²) in [7, 11) is 0. The summed E-state index contributed by atoms with van der Waals surface area (Å²) in [5.74, 6) is 0.282. The second kappa shape index (κ2) is 5.14. The first-order chi connectivity index (χ1) is 8.58. The Hall–Kier alpha value is -1.95. The molecule has 1 aromatic carbocycles. The molecule has 3 N–H and O–H groups in total.